The molecule has 0 saturated heterocycles. The van der Waals surface area contributed by atoms with E-state index in [0.29, 0.717) is 5.75 Å². The number of ether oxygens (including phenoxy) is 2. The highest BCUT2D eigenvalue weighted by Gasteiger charge is 2.34. The molecule has 41 heavy (non-hydrogen) atoms. The molecule has 220 valence electrons. The van der Waals surface area contributed by atoms with E-state index in [4.69, 9.17) is 9.47 Å². The smallest absolute Gasteiger partial charge is 0.264 e. The molecule has 0 heterocycles. The molecule has 0 aliphatic rings. The van der Waals surface area contributed by atoms with E-state index in [1.54, 1.807) is 37.3 Å². The average Bonchev–Trinajstić information content (AvgIpc) is 2.98. The molecule has 3 rings (SSSR count). The Kier molecular flexibility index (Phi) is 10.8. The third-order valence-electron chi connectivity index (χ3n) is 7.04. The van der Waals surface area contributed by atoms with Crippen molar-refractivity contribution < 1.29 is 27.5 Å². The zero-order valence-corrected chi connectivity index (χ0v) is 25.3. The second kappa shape index (κ2) is 14.0. The summed E-state index contributed by atoms with van der Waals surface area (Å²) in [5, 5.41) is 2.94. The summed E-state index contributed by atoms with van der Waals surface area (Å²) >= 11 is 0. The maximum atomic E-state index is 14.1. The van der Waals surface area contributed by atoms with Gasteiger partial charge in [0.15, 0.2) is 0 Å². The van der Waals surface area contributed by atoms with Crippen molar-refractivity contribution in [2.75, 3.05) is 25.1 Å². The Morgan fingerprint density at radius 2 is 1.59 bits per heavy atom. The molecule has 1 N–H and O–H groups in total. The van der Waals surface area contributed by atoms with Gasteiger partial charge in [-0.05, 0) is 62.6 Å². The molecule has 0 radical (unpaired) electrons. The molecule has 0 spiro atoms. The van der Waals surface area contributed by atoms with E-state index in [2.05, 4.69) is 5.32 Å². The molecule has 0 aliphatic heterocycles. The maximum absolute atomic E-state index is 14.1. The molecule has 3 aromatic carbocycles. The summed E-state index contributed by atoms with van der Waals surface area (Å²) in [6, 6.07) is 19.2. The number of amides is 2. The van der Waals surface area contributed by atoms with Crippen molar-refractivity contribution in [1.29, 1.82) is 0 Å². The first kappa shape index (κ1) is 31.5. The first-order chi connectivity index (χ1) is 19.5. The summed E-state index contributed by atoms with van der Waals surface area (Å²) in [6.45, 7) is 6.97. The number of carbonyl (C=O) groups is 2. The topological polar surface area (TPSA) is 105 Å². The maximum Gasteiger partial charge on any atom is 0.264 e. The second-order valence-corrected chi connectivity index (χ2v) is 11.7. The molecule has 2 atom stereocenters. The minimum Gasteiger partial charge on any atom is -0.497 e. The van der Waals surface area contributed by atoms with Crippen molar-refractivity contribution in [3.63, 3.8) is 0 Å². The number of hydrogen-bond acceptors (Lipinski definition) is 6. The number of methoxy groups -OCH3 is 2. The fourth-order valence-corrected chi connectivity index (χ4v) is 5.68. The number of carbonyl (C=O) groups excluding carboxylic acids is 2. The van der Waals surface area contributed by atoms with E-state index in [9.17, 15) is 18.0 Å². The van der Waals surface area contributed by atoms with Gasteiger partial charge in [-0.15, -0.1) is 0 Å². The molecule has 3 aromatic rings. The Balaban J connectivity index is 2.11. The molecular formula is C31H39N3O6S. The van der Waals surface area contributed by atoms with Gasteiger partial charge in [-0.3, -0.25) is 13.9 Å². The Morgan fingerprint density at radius 1 is 0.927 bits per heavy atom. The van der Waals surface area contributed by atoms with Crippen molar-refractivity contribution >= 4 is 27.5 Å². The van der Waals surface area contributed by atoms with Gasteiger partial charge in [0.25, 0.3) is 10.0 Å². The average molecular weight is 582 g/mol. The third-order valence-corrected chi connectivity index (χ3v) is 8.81. The number of benzene rings is 3. The van der Waals surface area contributed by atoms with E-state index in [-0.39, 0.29) is 34.8 Å². The molecule has 9 nitrogen and oxygen atoms in total. The highest BCUT2D eigenvalue weighted by molar-refractivity contribution is 7.92. The summed E-state index contributed by atoms with van der Waals surface area (Å²) in [5.41, 5.74) is 1.93. The van der Waals surface area contributed by atoms with E-state index >= 15 is 0 Å². The number of anilines is 1. The molecule has 0 saturated carbocycles. The van der Waals surface area contributed by atoms with Crippen molar-refractivity contribution in [1.82, 2.24) is 10.2 Å². The molecule has 0 bridgehead atoms. The highest BCUT2D eigenvalue weighted by atomic mass is 32.2. The highest BCUT2D eigenvalue weighted by Crippen LogP contribution is 2.36. The van der Waals surface area contributed by atoms with Crippen molar-refractivity contribution in [2.24, 2.45) is 0 Å². The third kappa shape index (κ3) is 7.58. The van der Waals surface area contributed by atoms with Crippen LogP contribution in [-0.4, -0.2) is 58.0 Å². The molecular weight excluding hydrogens is 542 g/mol. The van der Waals surface area contributed by atoms with Crippen LogP contribution in [0, 0.1) is 6.92 Å². The Hall–Kier alpha value is -4.05. The van der Waals surface area contributed by atoms with Crippen molar-refractivity contribution in [3.05, 3.63) is 83.9 Å². The lowest BCUT2D eigenvalue weighted by atomic mass is 10.1. The van der Waals surface area contributed by atoms with Crippen LogP contribution in [0.15, 0.2) is 77.7 Å². The largest absolute Gasteiger partial charge is 0.497 e. The summed E-state index contributed by atoms with van der Waals surface area (Å²) in [6.07, 6.45) is 0.725. The number of sulfonamides is 1. The molecule has 10 heteroatoms. The van der Waals surface area contributed by atoms with Crippen LogP contribution in [0.2, 0.25) is 0 Å². The van der Waals surface area contributed by atoms with Gasteiger partial charge in [0.05, 0.1) is 24.8 Å². The normalized spacial score (nSPS) is 12.6. The monoisotopic (exact) mass is 581 g/mol. The molecule has 0 aromatic heterocycles. The van der Waals surface area contributed by atoms with Crippen molar-refractivity contribution in [2.45, 2.75) is 57.6 Å². The number of hydrogen-bond donors (Lipinski definition) is 1. The van der Waals surface area contributed by atoms with Crippen LogP contribution in [-0.2, 0) is 26.2 Å². The van der Waals surface area contributed by atoms with Gasteiger partial charge in [-0.25, -0.2) is 8.42 Å². The lowest BCUT2D eigenvalue weighted by molar-refractivity contribution is -0.139. The predicted octanol–water partition coefficient (Wildman–Crippen LogP) is 4.54. The first-order valence-corrected chi connectivity index (χ1v) is 14.9. The van der Waals surface area contributed by atoms with E-state index in [1.165, 1.54) is 37.3 Å². The van der Waals surface area contributed by atoms with Crippen LogP contribution in [0.3, 0.4) is 0 Å². The minimum absolute atomic E-state index is 0.00527. The lowest BCUT2D eigenvalue weighted by Crippen LogP contribution is -2.52. The first-order valence-electron chi connectivity index (χ1n) is 13.5. The number of rotatable bonds is 13. The summed E-state index contributed by atoms with van der Waals surface area (Å²) in [4.78, 5) is 28.8. The predicted molar refractivity (Wildman–Crippen MR) is 160 cm³/mol. The van der Waals surface area contributed by atoms with Crippen LogP contribution in [0.25, 0.3) is 0 Å². The van der Waals surface area contributed by atoms with Crippen LogP contribution in [0.5, 0.6) is 11.5 Å². The lowest BCUT2D eigenvalue weighted by Gasteiger charge is -2.33. The second-order valence-electron chi connectivity index (χ2n) is 9.80. The fraction of sp³-hybridized carbons (Fsp3) is 0.355. The minimum atomic E-state index is -4.24. The van der Waals surface area contributed by atoms with Crippen molar-refractivity contribution in [3.8, 4) is 11.5 Å². The van der Waals surface area contributed by atoms with Gasteiger partial charge < -0.3 is 19.7 Å². The van der Waals surface area contributed by atoms with Gasteiger partial charge >= 0.3 is 0 Å². The Morgan fingerprint density at radius 3 is 2.20 bits per heavy atom. The number of nitrogens with zero attached hydrogens (tertiary/aromatic N) is 2. The quantitative estimate of drug-likeness (QED) is 0.318. The number of aryl methyl sites for hydroxylation is 1. The van der Waals surface area contributed by atoms with Gasteiger partial charge in [0, 0.05) is 18.7 Å². The van der Waals surface area contributed by atoms with Gasteiger partial charge in [0.1, 0.15) is 24.1 Å². The van der Waals surface area contributed by atoms with Gasteiger partial charge in [-0.2, -0.15) is 0 Å². The molecule has 2 amide bonds. The van der Waals surface area contributed by atoms with Crippen LogP contribution < -0.4 is 19.1 Å². The zero-order chi connectivity index (χ0) is 30.2. The van der Waals surface area contributed by atoms with E-state index in [0.717, 1.165) is 21.9 Å². The SMILES string of the molecule is CC[C@H](C)NC(=O)[C@@H](C)N(Cc1ccccc1C)C(=O)CN(c1cc(OC)ccc1OC)S(=O)(=O)c1ccccc1. The Bertz CT molecular complexity index is 1450. The van der Waals surface area contributed by atoms with E-state index < -0.39 is 28.5 Å². The van der Waals surface area contributed by atoms with Crippen LogP contribution in [0.1, 0.15) is 38.3 Å². The zero-order valence-electron chi connectivity index (χ0n) is 24.5. The van der Waals surface area contributed by atoms with Crippen LogP contribution in [0.4, 0.5) is 5.69 Å². The molecule has 0 unspecified atom stereocenters. The summed E-state index contributed by atoms with van der Waals surface area (Å²) < 4.78 is 39.9. The van der Waals surface area contributed by atoms with Gasteiger partial charge in [-0.1, -0.05) is 49.4 Å². The molecule has 0 aliphatic carbocycles. The fourth-order valence-electron chi connectivity index (χ4n) is 4.24. The molecule has 0 fully saturated rings. The standard InChI is InChI=1S/C31H39N3O6S/c1-7-23(3)32-31(36)24(4)33(20-25-14-12-11-13-22(25)2)30(35)21-34(41(37,38)27-15-9-8-10-16-27)28-19-26(39-5)17-18-29(28)40-6/h8-19,23-24H,7,20-21H2,1-6H3,(H,32,36)/t23-,24+/m0/s1. The van der Waals surface area contributed by atoms with E-state index in [1.807, 2.05) is 45.0 Å². The van der Waals surface area contributed by atoms with Gasteiger partial charge in [0.2, 0.25) is 11.8 Å². The summed E-state index contributed by atoms with van der Waals surface area (Å²) in [5.74, 6) is -0.243. The van der Waals surface area contributed by atoms with Crippen LogP contribution >= 0.6 is 0 Å². The Labute approximate surface area is 243 Å². The number of nitrogens with one attached hydrogen (secondary N) is 1. The summed E-state index contributed by atoms with van der Waals surface area (Å²) in [7, 11) is -1.35.